The molecule has 1 aliphatic carbocycles. The molecule has 0 saturated heterocycles. The van der Waals surface area contributed by atoms with Crippen molar-refractivity contribution in [1.29, 1.82) is 0 Å². The van der Waals surface area contributed by atoms with Crippen LogP contribution in [0.25, 0.3) is 0 Å². The average molecular weight is 367 g/mol. The number of halogens is 1. The van der Waals surface area contributed by atoms with E-state index in [1.54, 1.807) is 0 Å². The predicted octanol–water partition coefficient (Wildman–Crippen LogP) is 10.5. The molecule has 1 fully saturated rings. The minimum absolute atomic E-state index is 0. The fourth-order valence-electron chi connectivity index (χ4n) is 3.01. The van der Waals surface area contributed by atoms with Crippen LogP contribution >= 0.6 is 0 Å². The van der Waals surface area contributed by atoms with Gasteiger partial charge in [0.15, 0.2) is 0 Å². The van der Waals surface area contributed by atoms with Crippen molar-refractivity contribution in [3.8, 4) is 0 Å². The first-order chi connectivity index (χ1) is 11.1. The minimum atomic E-state index is 0. The Balaban J connectivity index is -0.0000000642. The van der Waals surface area contributed by atoms with E-state index in [0.717, 1.165) is 5.92 Å². The zero-order chi connectivity index (χ0) is 19.1. The highest BCUT2D eigenvalue weighted by molar-refractivity contribution is 4.80. The van der Waals surface area contributed by atoms with Gasteiger partial charge >= 0.3 is 0 Å². The van der Waals surface area contributed by atoms with Gasteiger partial charge in [-0.25, -0.2) is 0 Å². The molecule has 0 aliphatic heterocycles. The Morgan fingerprint density at radius 2 is 1.08 bits per heavy atom. The van der Waals surface area contributed by atoms with Crippen LogP contribution in [0.4, 0.5) is 4.70 Å². The summed E-state index contributed by atoms with van der Waals surface area (Å²) in [6, 6.07) is 0. The van der Waals surface area contributed by atoms with Crippen LogP contribution in [0.1, 0.15) is 148 Å². The van der Waals surface area contributed by atoms with E-state index in [-0.39, 0.29) is 12.1 Å². The second kappa shape index (κ2) is 35.1. The Morgan fingerprint density at radius 3 is 1.40 bits per heavy atom. The first-order valence-corrected chi connectivity index (χ1v) is 11.1. The third kappa shape index (κ3) is 29.0. The Bertz CT molecular complexity index is 159. The molecule has 0 N–H and O–H groups in total. The van der Waals surface area contributed by atoms with Gasteiger partial charge in [-0.1, -0.05) is 135 Å². The van der Waals surface area contributed by atoms with Gasteiger partial charge in [-0.3, -0.25) is 4.70 Å². The zero-order valence-electron chi connectivity index (χ0n) is 19.6. The van der Waals surface area contributed by atoms with Crippen LogP contribution in [0.3, 0.4) is 0 Å². The highest BCUT2D eigenvalue weighted by Gasteiger charge is 2.28. The summed E-state index contributed by atoms with van der Waals surface area (Å²) in [5.74, 6) is 0.972. The quantitative estimate of drug-likeness (QED) is 0.455. The van der Waals surface area contributed by atoms with Crippen molar-refractivity contribution >= 4 is 0 Å². The van der Waals surface area contributed by atoms with Crippen LogP contribution in [0, 0.1) is 11.3 Å². The maximum absolute atomic E-state index is 2.45. The van der Waals surface area contributed by atoms with Crippen LogP contribution in [0.5, 0.6) is 0 Å². The Kier molecular flexibility index (Phi) is 56.0. The Hall–Kier alpha value is -0.0700. The fraction of sp³-hybridized carbons (Fsp3) is 1.00. The van der Waals surface area contributed by atoms with Crippen molar-refractivity contribution in [2.24, 2.45) is 11.3 Å². The smallest absolute Gasteiger partial charge is 0.0300 e. The molecule has 0 amide bonds. The molecule has 0 radical (unpaired) electrons. The summed E-state index contributed by atoms with van der Waals surface area (Å²) in [6.45, 7) is 23.7. The summed E-state index contributed by atoms with van der Waals surface area (Å²) >= 11 is 0. The third-order valence-electron chi connectivity index (χ3n) is 4.19. The lowest BCUT2D eigenvalue weighted by Gasteiger charge is -2.36. The molecule has 1 unspecified atom stereocenters. The molecule has 0 spiro atoms. The minimum Gasteiger partial charge on any atom is -0.269 e. The highest BCUT2D eigenvalue weighted by Crippen LogP contribution is 2.41. The lowest BCUT2D eigenvalue weighted by atomic mass is 9.69. The molecule has 0 bridgehead atoms. The molecule has 0 nitrogen and oxygen atoms in total. The van der Waals surface area contributed by atoms with E-state index < -0.39 is 0 Å². The molecule has 1 atom stereocenters. The molecule has 1 aliphatic rings. The molecule has 1 saturated carbocycles. The van der Waals surface area contributed by atoms with Crippen molar-refractivity contribution in [3.05, 3.63) is 0 Å². The second-order valence-electron chi connectivity index (χ2n) is 6.53. The molecule has 1 rings (SSSR count). The standard InChI is InChI=1S/C13H26.2C3H8.2C2H6.CH4.FH/c1-4-13(5-2)10-8-6-7-9-12(3)11-13;2*1-3-2;2*1-2;;/h12H,4-11H2,1-3H3;2*3H2,1-2H3;2*1-2H3;1H4;1H. The molecule has 1 heteroatoms. The van der Waals surface area contributed by atoms with E-state index in [1.807, 2.05) is 27.7 Å². The number of hydrogen-bond acceptors (Lipinski definition) is 0. The van der Waals surface area contributed by atoms with Crippen LogP contribution in [-0.4, -0.2) is 0 Å². The predicted molar refractivity (Wildman–Crippen MR) is 124 cm³/mol. The average Bonchev–Trinajstić information content (AvgIpc) is 2.56. The van der Waals surface area contributed by atoms with Gasteiger partial charge in [-0.05, 0) is 24.2 Å². The number of hydrogen-bond donors (Lipinski definition) is 0. The van der Waals surface area contributed by atoms with Gasteiger partial charge in [0.2, 0.25) is 0 Å². The van der Waals surface area contributed by atoms with Crippen molar-refractivity contribution in [3.63, 3.8) is 0 Å². The Morgan fingerprint density at radius 1 is 0.720 bits per heavy atom. The summed E-state index contributed by atoms with van der Waals surface area (Å²) in [6.07, 6.45) is 14.2. The molecule has 25 heavy (non-hydrogen) atoms. The normalized spacial score (nSPS) is 17.2. The lowest BCUT2D eigenvalue weighted by molar-refractivity contribution is 0.158. The van der Waals surface area contributed by atoms with Crippen molar-refractivity contribution in [2.75, 3.05) is 0 Å². The molecular weight excluding hydrogens is 307 g/mol. The second-order valence-corrected chi connectivity index (χ2v) is 6.53. The van der Waals surface area contributed by atoms with E-state index in [1.165, 1.54) is 64.2 Å². The SMILES string of the molecule is C.CC.CC.CCC.CCC.CCC1(CC)CCCCCC(C)C1.F. The van der Waals surface area contributed by atoms with E-state index in [0.29, 0.717) is 5.41 Å². The largest absolute Gasteiger partial charge is 0.269 e. The summed E-state index contributed by atoms with van der Waals surface area (Å²) in [7, 11) is 0. The van der Waals surface area contributed by atoms with Gasteiger partial charge in [-0.15, -0.1) is 0 Å². The monoisotopic (exact) mass is 366 g/mol. The first-order valence-electron chi connectivity index (χ1n) is 11.1. The van der Waals surface area contributed by atoms with Gasteiger partial charge in [0.05, 0.1) is 0 Å². The summed E-state index contributed by atoms with van der Waals surface area (Å²) in [5.41, 5.74) is 0.708. The van der Waals surface area contributed by atoms with Gasteiger partial charge in [0.25, 0.3) is 0 Å². The van der Waals surface area contributed by atoms with Crippen LogP contribution in [-0.2, 0) is 0 Å². The van der Waals surface area contributed by atoms with Crippen LogP contribution < -0.4 is 0 Å². The first kappa shape index (κ1) is 39.8. The molecule has 0 aromatic heterocycles. The van der Waals surface area contributed by atoms with Gasteiger partial charge < -0.3 is 0 Å². The molecule has 0 aromatic rings. The fourth-order valence-corrected chi connectivity index (χ4v) is 3.01. The third-order valence-corrected chi connectivity index (χ3v) is 4.19. The lowest BCUT2D eigenvalue weighted by Crippen LogP contribution is -2.23. The summed E-state index contributed by atoms with van der Waals surface area (Å²) in [4.78, 5) is 0. The molecule has 162 valence electrons. The maximum atomic E-state index is 2.45. The van der Waals surface area contributed by atoms with E-state index in [9.17, 15) is 0 Å². The molecular formula is C24H59F. The molecule has 0 heterocycles. The number of rotatable bonds is 2. The summed E-state index contributed by atoms with van der Waals surface area (Å²) < 4.78 is 0. The van der Waals surface area contributed by atoms with Gasteiger partial charge in [0.1, 0.15) is 0 Å². The molecule has 0 aromatic carbocycles. The van der Waals surface area contributed by atoms with E-state index in [2.05, 4.69) is 48.5 Å². The van der Waals surface area contributed by atoms with E-state index in [4.69, 9.17) is 0 Å². The zero-order valence-corrected chi connectivity index (χ0v) is 19.6. The van der Waals surface area contributed by atoms with Crippen molar-refractivity contribution in [1.82, 2.24) is 0 Å². The van der Waals surface area contributed by atoms with E-state index >= 15 is 0 Å². The van der Waals surface area contributed by atoms with Gasteiger partial charge in [0, 0.05) is 0 Å². The highest BCUT2D eigenvalue weighted by atomic mass is 19.0. The van der Waals surface area contributed by atoms with Crippen molar-refractivity contribution in [2.45, 2.75) is 148 Å². The topological polar surface area (TPSA) is 0 Å². The summed E-state index contributed by atoms with van der Waals surface area (Å²) in [5, 5.41) is 0. The Labute approximate surface area is 164 Å². The maximum Gasteiger partial charge on any atom is -0.0300 e. The van der Waals surface area contributed by atoms with Gasteiger partial charge in [-0.2, -0.15) is 0 Å². The van der Waals surface area contributed by atoms with Crippen LogP contribution in [0.2, 0.25) is 0 Å². The van der Waals surface area contributed by atoms with Crippen LogP contribution in [0.15, 0.2) is 0 Å². The van der Waals surface area contributed by atoms with Crippen molar-refractivity contribution < 1.29 is 4.70 Å².